The van der Waals surface area contributed by atoms with Gasteiger partial charge in [-0.3, -0.25) is 4.98 Å². The van der Waals surface area contributed by atoms with Gasteiger partial charge in [-0.2, -0.15) is 0 Å². The Morgan fingerprint density at radius 2 is 1.76 bits per heavy atom. The van der Waals surface area contributed by atoms with Gasteiger partial charge in [0.1, 0.15) is 0 Å². The molecule has 29 heavy (non-hydrogen) atoms. The third kappa shape index (κ3) is 4.07. The summed E-state index contributed by atoms with van der Waals surface area (Å²) in [6, 6.07) is 18.9. The normalized spacial score (nSPS) is 14.0. The van der Waals surface area contributed by atoms with Crippen LogP contribution < -0.4 is 0 Å². The van der Waals surface area contributed by atoms with E-state index in [0.29, 0.717) is 6.42 Å². The Morgan fingerprint density at radius 3 is 2.41 bits per heavy atom. The molecule has 0 amide bonds. The van der Waals surface area contributed by atoms with E-state index < -0.39 is 15.3 Å². The second-order valence-electron chi connectivity index (χ2n) is 7.21. The van der Waals surface area contributed by atoms with Gasteiger partial charge >= 0.3 is 0 Å². The van der Waals surface area contributed by atoms with Gasteiger partial charge < -0.3 is 5.21 Å². The summed E-state index contributed by atoms with van der Waals surface area (Å²) in [5, 5.41) is 12.5. The van der Waals surface area contributed by atoms with Crippen LogP contribution in [0.1, 0.15) is 34.4 Å². The van der Waals surface area contributed by atoms with Crippen molar-refractivity contribution in [3.05, 3.63) is 94.8 Å². The van der Waals surface area contributed by atoms with Gasteiger partial charge in [-0.1, -0.05) is 36.4 Å². The van der Waals surface area contributed by atoms with Crippen molar-refractivity contribution in [3.63, 3.8) is 0 Å². The first-order valence-electron chi connectivity index (χ1n) is 9.25. The first-order valence-corrected chi connectivity index (χ1v) is 11.1. The van der Waals surface area contributed by atoms with Gasteiger partial charge in [-0.05, 0) is 60.4 Å². The van der Waals surface area contributed by atoms with E-state index in [4.69, 9.17) is 0 Å². The molecule has 3 aromatic rings. The fourth-order valence-electron chi connectivity index (χ4n) is 3.86. The lowest BCUT2D eigenvalue weighted by Crippen LogP contribution is -2.31. The summed E-state index contributed by atoms with van der Waals surface area (Å²) in [6.45, 7) is 3.94. The monoisotopic (exact) mass is 408 g/mol. The van der Waals surface area contributed by atoms with Gasteiger partial charge in [0.15, 0.2) is 9.84 Å². The van der Waals surface area contributed by atoms with Crippen LogP contribution in [0, 0.1) is 13.8 Å². The molecule has 0 saturated heterocycles. The quantitative estimate of drug-likeness (QED) is 0.375. The summed E-state index contributed by atoms with van der Waals surface area (Å²) in [7, 11) is -3.38. The van der Waals surface area contributed by atoms with E-state index in [9.17, 15) is 13.6 Å². The summed E-state index contributed by atoms with van der Waals surface area (Å²) in [5.74, 6) is 0. The molecule has 0 aliphatic heterocycles. The van der Waals surface area contributed by atoms with Gasteiger partial charge in [0.05, 0.1) is 10.3 Å². The van der Waals surface area contributed by atoms with E-state index >= 15 is 0 Å². The van der Waals surface area contributed by atoms with Crippen molar-refractivity contribution in [2.45, 2.75) is 30.6 Å². The Kier molecular flexibility index (Phi) is 5.84. The molecule has 2 aromatic carbocycles. The average Bonchev–Trinajstić information content (AvgIpc) is 2.69. The number of aromatic nitrogens is 1. The number of rotatable bonds is 6. The molecular weight excluding hydrogens is 384 g/mol. The SMILES string of the molecule is Cc1cc(C(C/C=N/O)(c2cccc(S(C)(=O)=O)c2)c2ccccc2C)ccn1. The van der Waals surface area contributed by atoms with Crippen LogP contribution >= 0.6 is 0 Å². The highest BCUT2D eigenvalue weighted by atomic mass is 32.2. The smallest absolute Gasteiger partial charge is 0.175 e. The topological polar surface area (TPSA) is 79.6 Å². The molecule has 5 nitrogen and oxygen atoms in total. The third-order valence-electron chi connectivity index (χ3n) is 5.23. The molecular formula is C23H24N2O3S. The van der Waals surface area contributed by atoms with Crippen LogP contribution in [0.5, 0.6) is 0 Å². The Morgan fingerprint density at radius 1 is 1.03 bits per heavy atom. The zero-order valence-corrected chi connectivity index (χ0v) is 17.5. The van der Waals surface area contributed by atoms with E-state index in [1.54, 1.807) is 24.4 Å². The minimum Gasteiger partial charge on any atom is -0.411 e. The molecule has 3 rings (SSSR count). The molecule has 0 saturated carbocycles. The molecule has 150 valence electrons. The van der Waals surface area contributed by atoms with Crippen LogP contribution in [0.4, 0.5) is 0 Å². The summed E-state index contributed by atoms with van der Waals surface area (Å²) >= 11 is 0. The molecule has 0 aliphatic carbocycles. The zero-order chi connectivity index (χ0) is 21.1. The molecule has 1 atom stereocenters. The van der Waals surface area contributed by atoms with Crippen LogP contribution in [-0.4, -0.2) is 31.1 Å². The Bertz CT molecular complexity index is 1160. The minimum atomic E-state index is -3.38. The highest BCUT2D eigenvalue weighted by Gasteiger charge is 2.37. The molecule has 1 heterocycles. The minimum absolute atomic E-state index is 0.250. The van der Waals surface area contributed by atoms with Gasteiger partial charge in [0, 0.05) is 30.8 Å². The number of sulfone groups is 1. The Hall–Kier alpha value is -2.99. The Labute approximate surface area is 171 Å². The number of pyridine rings is 1. The summed E-state index contributed by atoms with van der Waals surface area (Å²) in [4.78, 5) is 4.57. The van der Waals surface area contributed by atoms with Crippen molar-refractivity contribution in [1.82, 2.24) is 4.98 Å². The lowest BCUT2D eigenvalue weighted by Gasteiger charge is -2.36. The van der Waals surface area contributed by atoms with E-state index in [1.165, 1.54) is 12.5 Å². The third-order valence-corrected chi connectivity index (χ3v) is 6.34. The number of hydrogen-bond donors (Lipinski definition) is 1. The van der Waals surface area contributed by atoms with Crippen molar-refractivity contribution in [1.29, 1.82) is 0 Å². The largest absolute Gasteiger partial charge is 0.411 e. The predicted octanol–water partition coefficient (Wildman–Crippen LogP) is 4.29. The van der Waals surface area contributed by atoms with Crippen LogP contribution in [0.25, 0.3) is 0 Å². The van der Waals surface area contributed by atoms with Crippen molar-refractivity contribution in [2.24, 2.45) is 5.16 Å². The van der Waals surface area contributed by atoms with E-state index in [0.717, 1.165) is 27.9 Å². The maximum absolute atomic E-state index is 12.2. The summed E-state index contributed by atoms with van der Waals surface area (Å²) in [5.41, 5.74) is 3.92. The second kappa shape index (κ2) is 8.17. The molecule has 1 aromatic heterocycles. The molecule has 0 fully saturated rings. The summed E-state index contributed by atoms with van der Waals surface area (Å²) < 4.78 is 24.5. The standard InChI is InChI=1S/C23H24N2O3S/c1-17-7-4-5-10-22(17)23(12-14-25-26,20-11-13-24-18(2)15-20)19-8-6-9-21(16-19)29(3,27)28/h4-11,13-16,26H,12H2,1-3H3/b25-14+. The van der Waals surface area contributed by atoms with Crippen LogP contribution in [0.3, 0.4) is 0 Å². The van der Waals surface area contributed by atoms with Crippen molar-refractivity contribution < 1.29 is 13.6 Å². The lowest BCUT2D eigenvalue weighted by atomic mass is 9.66. The van der Waals surface area contributed by atoms with Crippen LogP contribution in [0.2, 0.25) is 0 Å². The fourth-order valence-corrected chi connectivity index (χ4v) is 4.52. The lowest BCUT2D eigenvalue weighted by molar-refractivity contribution is 0.319. The van der Waals surface area contributed by atoms with Crippen molar-refractivity contribution in [2.75, 3.05) is 6.26 Å². The number of oxime groups is 1. The predicted molar refractivity (Wildman–Crippen MR) is 114 cm³/mol. The highest BCUT2D eigenvalue weighted by Crippen LogP contribution is 2.43. The maximum atomic E-state index is 12.2. The first kappa shape index (κ1) is 20.7. The van der Waals surface area contributed by atoms with Crippen LogP contribution in [-0.2, 0) is 15.3 Å². The van der Waals surface area contributed by atoms with E-state index in [1.807, 2.05) is 56.3 Å². The van der Waals surface area contributed by atoms with Crippen molar-refractivity contribution in [3.8, 4) is 0 Å². The zero-order valence-electron chi connectivity index (χ0n) is 16.7. The summed E-state index contributed by atoms with van der Waals surface area (Å²) in [6.07, 6.45) is 4.75. The number of hydrogen-bond acceptors (Lipinski definition) is 5. The van der Waals surface area contributed by atoms with Gasteiger partial charge in [0.2, 0.25) is 0 Å². The van der Waals surface area contributed by atoms with E-state index in [-0.39, 0.29) is 4.90 Å². The van der Waals surface area contributed by atoms with Gasteiger partial charge in [0.25, 0.3) is 0 Å². The van der Waals surface area contributed by atoms with Crippen molar-refractivity contribution >= 4 is 16.1 Å². The van der Waals surface area contributed by atoms with E-state index in [2.05, 4.69) is 10.1 Å². The van der Waals surface area contributed by atoms with Gasteiger partial charge in [-0.15, -0.1) is 5.16 Å². The van der Waals surface area contributed by atoms with Crippen LogP contribution in [0.15, 0.2) is 76.9 Å². The molecule has 6 heteroatoms. The molecule has 1 N–H and O–H groups in total. The fraction of sp³-hybridized carbons (Fsp3) is 0.217. The number of nitrogens with zero attached hydrogens (tertiary/aromatic N) is 2. The second-order valence-corrected chi connectivity index (χ2v) is 9.22. The molecule has 1 unspecified atom stereocenters. The first-order chi connectivity index (χ1) is 13.8. The molecule has 0 bridgehead atoms. The molecule has 0 aliphatic rings. The molecule has 0 spiro atoms. The Balaban J connectivity index is 2.44. The number of aryl methyl sites for hydroxylation is 2. The number of benzene rings is 2. The maximum Gasteiger partial charge on any atom is 0.175 e. The highest BCUT2D eigenvalue weighted by molar-refractivity contribution is 7.90. The van der Waals surface area contributed by atoms with Gasteiger partial charge in [-0.25, -0.2) is 8.42 Å². The average molecular weight is 409 g/mol. The molecule has 0 radical (unpaired) electrons.